The van der Waals surface area contributed by atoms with Crippen LogP contribution in [0.5, 0.6) is 0 Å². The van der Waals surface area contributed by atoms with Gasteiger partial charge in [-0.1, -0.05) is 0 Å². The number of piperidine rings is 1. The van der Waals surface area contributed by atoms with Crippen LogP contribution in [-0.4, -0.2) is 36.5 Å². The molecule has 2 aromatic rings. The van der Waals surface area contributed by atoms with Crippen LogP contribution in [0.4, 0.5) is 4.39 Å². The molecule has 0 saturated carbocycles. The van der Waals surface area contributed by atoms with Gasteiger partial charge in [-0.3, -0.25) is 4.79 Å². The highest BCUT2D eigenvalue weighted by Gasteiger charge is 2.33. The quantitative estimate of drug-likeness (QED) is 0.947. The number of fused-ring (bicyclic) bond motifs is 2. The average molecular weight is 314 g/mol. The highest BCUT2D eigenvalue weighted by Crippen LogP contribution is 2.27. The second-order valence-electron chi connectivity index (χ2n) is 6.49. The molecule has 1 amide bonds. The van der Waals surface area contributed by atoms with Gasteiger partial charge in [-0.2, -0.15) is 0 Å². The van der Waals surface area contributed by atoms with Crippen molar-refractivity contribution in [1.29, 1.82) is 0 Å². The zero-order valence-electron chi connectivity index (χ0n) is 12.8. The molecular weight excluding hydrogens is 295 g/mol. The van der Waals surface area contributed by atoms with E-state index in [0.717, 1.165) is 25.1 Å². The number of rotatable bonds is 3. The van der Waals surface area contributed by atoms with Gasteiger partial charge in [0.25, 0.3) is 5.91 Å². The molecule has 1 aromatic heterocycles. The van der Waals surface area contributed by atoms with Gasteiger partial charge in [-0.05, 0) is 61.7 Å². The van der Waals surface area contributed by atoms with E-state index >= 15 is 0 Å². The Morgan fingerprint density at radius 3 is 2.78 bits per heavy atom. The Kier molecular flexibility index (Phi) is 3.65. The molecule has 1 unspecified atom stereocenters. The van der Waals surface area contributed by atoms with Crippen molar-refractivity contribution < 1.29 is 13.6 Å². The molecule has 23 heavy (non-hydrogen) atoms. The van der Waals surface area contributed by atoms with Crippen molar-refractivity contribution in [3.05, 3.63) is 48.0 Å². The summed E-state index contributed by atoms with van der Waals surface area (Å²) >= 11 is 0. The van der Waals surface area contributed by atoms with Crippen molar-refractivity contribution in [3.8, 4) is 11.3 Å². The topological polar surface area (TPSA) is 45.5 Å². The normalized spacial score (nSPS) is 26.2. The predicted molar refractivity (Wildman–Crippen MR) is 84.5 cm³/mol. The van der Waals surface area contributed by atoms with Gasteiger partial charge in [0.05, 0.1) is 0 Å². The minimum atomic E-state index is -0.291. The summed E-state index contributed by atoms with van der Waals surface area (Å²) in [5.41, 5.74) is 0.757. The molecule has 120 valence electrons. The van der Waals surface area contributed by atoms with E-state index in [2.05, 4.69) is 10.2 Å². The molecule has 2 fully saturated rings. The maximum absolute atomic E-state index is 13.0. The van der Waals surface area contributed by atoms with Crippen LogP contribution in [0, 0.1) is 11.7 Å². The summed E-state index contributed by atoms with van der Waals surface area (Å²) in [7, 11) is 0. The molecule has 2 saturated heterocycles. The predicted octanol–water partition coefficient (Wildman–Crippen LogP) is 2.91. The Labute approximate surface area is 134 Å². The molecule has 0 aliphatic carbocycles. The summed E-state index contributed by atoms with van der Waals surface area (Å²) in [6, 6.07) is 9.66. The molecule has 1 aromatic carbocycles. The third kappa shape index (κ3) is 3.01. The van der Waals surface area contributed by atoms with Crippen LogP contribution in [-0.2, 0) is 0 Å². The first-order valence-corrected chi connectivity index (χ1v) is 8.06. The van der Waals surface area contributed by atoms with Crippen LogP contribution in [0.2, 0.25) is 0 Å². The second kappa shape index (κ2) is 5.81. The number of hydrogen-bond donors (Lipinski definition) is 1. The SMILES string of the molecule is O=C(N[C@H]1C[C@H]2CCN(C2)C1)c1ccc(-c2ccc(F)cc2)o1. The number of benzene rings is 1. The molecule has 1 N–H and O–H groups in total. The van der Waals surface area contributed by atoms with Crippen LogP contribution in [0.1, 0.15) is 23.4 Å². The molecule has 2 aliphatic rings. The van der Waals surface area contributed by atoms with E-state index < -0.39 is 0 Å². The minimum Gasteiger partial charge on any atom is -0.451 e. The number of furan rings is 1. The lowest BCUT2D eigenvalue weighted by molar-refractivity contribution is 0.0882. The lowest BCUT2D eigenvalue weighted by atomic mass is 9.97. The van der Waals surface area contributed by atoms with Crippen LogP contribution < -0.4 is 5.32 Å². The second-order valence-corrected chi connectivity index (χ2v) is 6.49. The van der Waals surface area contributed by atoms with Gasteiger partial charge in [0.2, 0.25) is 0 Å². The molecule has 2 bridgehead atoms. The molecule has 0 radical (unpaired) electrons. The van der Waals surface area contributed by atoms with E-state index in [1.807, 2.05) is 0 Å². The molecule has 0 spiro atoms. The Hall–Kier alpha value is -2.14. The fraction of sp³-hybridized carbons (Fsp3) is 0.389. The minimum absolute atomic E-state index is 0.175. The van der Waals surface area contributed by atoms with Gasteiger partial charge in [0, 0.05) is 24.7 Å². The summed E-state index contributed by atoms with van der Waals surface area (Å²) < 4.78 is 18.6. The number of carbonyl (C=O) groups excluding carboxylic acids is 1. The van der Waals surface area contributed by atoms with Crippen LogP contribution in [0.3, 0.4) is 0 Å². The number of amides is 1. The fourth-order valence-electron chi connectivity index (χ4n) is 3.65. The smallest absolute Gasteiger partial charge is 0.287 e. The van der Waals surface area contributed by atoms with Crippen molar-refractivity contribution in [2.45, 2.75) is 18.9 Å². The van der Waals surface area contributed by atoms with Gasteiger partial charge in [-0.25, -0.2) is 4.39 Å². The standard InChI is InChI=1S/C18H19FN2O2/c19-14-3-1-13(2-4-14)16-5-6-17(23-16)18(22)20-15-9-12-7-8-21(10-12)11-15/h1-6,12,15H,7-11H2,(H,20,22)/t12-,15+/m1/s1. The third-order valence-electron chi connectivity index (χ3n) is 4.76. The summed E-state index contributed by atoms with van der Waals surface area (Å²) in [6.07, 6.45) is 2.29. The van der Waals surface area contributed by atoms with Crippen molar-refractivity contribution in [3.63, 3.8) is 0 Å². The molecule has 3 atom stereocenters. The van der Waals surface area contributed by atoms with E-state index in [4.69, 9.17) is 4.42 Å². The summed E-state index contributed by atoms with van der Waals surface area (Å²) in [5, 5.41) is 3.08. The first-order chi connectivity index (χ1) is 11.2. The van der Waals surface area contributed by atoms with Crippen molar-refractivity contribution in [2.75, 3.05) is 19.6 Å². The molecule has 4 nitrogen and oxygen atoms in total. The lowest BCUT2D eigenvalue weighted by Crippen LogP contribution is -2.46. The van der Waals surface area contributed by atoms with E-state index in [1.165, 1.54) is 25.1 Å². The van der Waals surface area contributed by atoms with E-state index in [0.29, 0.717) is 17.4 Å². The molecule has 5 heteroatoms. The Balaban J connectivity index is 1.44. The number of carbonyl (C=O) groups is 1. The summed E-state index contributed by atoms with van der Waals surface area (Å²) in [5.74, 6) is 1.12. The Bertz CT molecular complexity index is 698. The lowest BCUT2D eigenvalue weighted by Gasteiger charge is -2.30. The van der Waals surface area contributed by atoms with E-state index in [1.54, 1.807) is 24.3 Å². The first kappa shape index (κ1) is 14.5. The van der Waals surface area contributed by atoms with Gasteiger partial charge < -0.3 is 14.6 Å². The number of hydrogen-bond acceptors (Lipinski definition) is 3. The van der Waals surface area contributed by atoms with Crippen LogP contribution in [0.25, 0.3) is 11.3 Å². The Morgan fingerprint density at radius 1 is 1.17 bits per heavy atom. The van der Waals surface area contributed by atoms with Gasteiger partial charge >= 0.3 is 0 Å². The largest absolute Gasteiger partial charge is 0.451 e. The molecule has 2 aliphatic heterocycles. The highest BCUT2D eigenvalue weighted by atomic mass is 19.1. The number of halogens is 1. The van der Waals surface area contributed by atoms with Crippen LogP contribution >= 0.6 is 0 Å². The Morgan fingerprint density at radius 2 is 2.00 bits per heavy atom. The molecule has 4 rings (SSSR count). The summed E-state index contributed by atoms with van der Waals surface area (Å²) in [6.45, 7) is 3.24. The van der Waals surface area contributed by atoms with Gasteiger partial charge in [0.1, 0.15) is 11.6 Å². The van der Waals surface area contributed by atoms with Crippen molar-refractivity contribution in [2.24, 2.45) is 5.92 Å². The third-order valence-corrected chi connectivity index (χ3v) is 4.76. The number of nitrogens with zero attached hydrogens (tertiary/aromatic N) is 1. The average Bonchev–Trinajstić information content (AvgIpc) is 3.15. The van der Waals surface area contributed by atoms with E-state index in [9.17, 15) is 9.18 Å². The van der Waals surface area contributed by atoms with Gasteiger partial charge in [0.15, 0.2) is 5.76 Å². The molecular formula is C18H19FN2O2. The number of nitrogens with one attached hydrogen (secondary N) is 1. The van der Waals surface area contributed by atoms with Crippen LogP contribution in [0.15, 0.2) is 40.8 Å². The monoisotopic (exact) mass is 314 g/mol. The fourth-order valence-corrected chi connectivity index (χ4v) is 3.65. The van der Waals surface area contributed by atoms with E-state index in [-0.39, 0.29) is 17.8 Å². The van der Waals surface area contributed by atoms with Gasteiger partial charge in [-0.15, -0.1) is 0 Å². The van der Waals surface area contributed by atoms with Crippen molar-refractivity contribution >= 4 is 5.91 Å². The highest BCUT2D eigenvalue weighted by molar-refractivity contribution is 5.92. The summed E-state index contributed by atoms with van der Waals surface area (Å²) in [4.78, 5) is 14.8. The maximum Gasteiger partial charge on any atom is 0.287 e. The zero-order chi connectivity index (χ0) is 15.8. The zero-order valence-corrected chi connectivity index (χ0v) is 12.8. The molecule has 3 heterocycles. The first-order valence-electron chi connectivity index (χ1n) is 8.06. The maximum atomic E-state index is 13.0. The van der Waals surface area contributed by atoms with Crippen molar-refractivity contribution in [1.82, 2.24) is 10.2 Å².